The number of amides is 1. The summed E-state index contributed by atoms with van der Waals surface area (Å²) in [4.78, 5) is 42.3. The summed E-state index contributed by atoms with van der Waals surface area (Å²) >= 11 is 0. The fourth-order valence-corrected chi connectivity index (χ4v) is 5.66. The van der Waals surface area contributed by atoms with Crippen LogP contribution in [-0.2, 0) is 16.0 Å². The molecule has 10 heteroatoms. The van der Waals surface area contributed by atoms with Crippen LogP contribution in [0.5, 0.6) is 5.75 Å². The predicted molar refractivity (Wildman–Crippen MR) is 129 cm³/mol. The number of hydrogen-bond donors (Lipinski definition) is 5. The van der Waals surface area contributed by atoms with Crippen LogP contribution in [0.15, 0.2) is 34.8 Å². The molecule has 6 N–H and O–H groups in total. The molecule has 0 saturated carbocycles. The molecule has 4 atom stereocenters. The smallest absolute Gasteiger partial charge is 0.255 e. The standard InChI is InChI=1S/C26H29N3O7/c1-28(2)9-5-6-12-7-8-16(30)18-14(12)10-13-11-15-20(29(3)4)22(32)19(25(27)35)24(34)26(15,36)23(33)17(13)21(18)31/h7-8,13,15,20,30,32-33,36H,9-11H2,1-4H3,(H2,27,35)/t13-,15+,20+,26+/m0/s1. The third-order valence-electron chi connectivity index (χ3n) is 7.22. The van der Waals surface area contributed by atoms with Crippen LogP contribution in [-0.4, -0.2) is 94.1 Å². The summed E-state index contributed by atoms with van der Waals surface area (Å²) in [6, 6.07) is 1.94. The van der Waals surface area contributed by atoms with Crippen molar-refractivity contribution in [3.05, 3.63) is 51.5 Å². The molecule has 4 rings (SSSR count). The first-order chi connectivity index (χ1) is 16.8. The first-order valence-electron chi connectivity index (χ1n) is 11.5. The molecule has 0 aromatic heterocycles. The summed E-state index contributed by atoms with van der Waals surface area (Å²) in [5.41, 5.74) is 2.68. The first-order valence-corrected chi connectivity index (χ1v) is 11.5. The number of carbonyl (C=O) groups is 3. The number of primary amides is 1. The van der Waals surface area contributed by atoms with Crippen LogP contribution in [0.2, 0.25) is 0 Å². The highest BCUT2D eigenvalue weighted by Gasteiger charge is 2.63. The van der Waals surface area contributed by atoms with Crippen LogP contribution in [0, 0.1) is 23.7 Å². The van der Waals surface area contributed by atoms with E-state index in [2.05, 4.69) is 11.8 Å². The molecule has 1 aromatic carbocycles. The summed E-state index contributed by atoms with van der Waals surface area (Å²) in [6.07, 6.45) is 0.237. The number of aliphatic hydroxyl groups is 3. The van der Waals surface area contributed by atoms with Gasteiger partial charge in [0.05, 0.1) is 18.2 Å². The molecule has 0 aliphatic heterocycles. The Hall–Kier alpha value is -3.65. The lowest BCUT2D eigenvalue weighted by atomic mass is 9.58. The van der Waals surface area contributed by atoms with Crippen molar-refractivity contribution in [3.8, 4) is 17.6 Å². The lowest BCUT2D eigenvalue weighted by Crippen LogP contribution is -2.63. The minimum atomic E-state index is -2.65. The summed E-state index contributed by atoms with van der Waals surface area (Å²) in [7, 11) is 6.91. The Bertz CT molecular complexity index is 1310. The van der Waals surface area contributed by atoms with Gasteiger partial charge >= 0.3 is 0 Å². The lowest BCUT2D eigenvalue weighted by Gasteiger charge is -2.50. The zero-order chi connectivity index (χ0) is 26.7. The molecule has 0 fully saturated rings. The molecule has 3 aliphatic rings. The van der Waals surface area contributed by atoms with Gasteiger partial charge in [0.15, 0.2) is 11.4 Å². The summed E-state index contributed by atoms with van der Waals surface area (Å²) in [6.45, 7) is 0.481. The minimum Gasteiger partial charge on any atom is -0.510 e. The van der Waals surface area contributed by atoms with Crippen molar-refractivity contribution < 1.29 is 34.8 Å². The fraction of sp³-hybridized carbons (Fsp3) is 0.423. The maximum absolute atomic E-state index is 13.6. The van der Waals surface area contributed by atoms with Gasteiger partial charge in [-0.3, -0.25) is 24.2 Å². The Morgan fingerprint density at radius 3 is 2.42 bits per heavy atom. The molecule has 1 aromatic rings. The van der Waals surface area contributed by atoms with Crippen LogP contribution in [0.3, 0.4) is 0 Å². The molecule has 1 amide bonds. The second-order valence-corrected chi connectivity index (χ2v) is 9.99. The Kier molecular flexibility index (Phi) is 6.21. The number of aromatic hydroxyl groups is 1. The van der Waals surface area contributed by atoms with Gasteiger partial charge in [0.1, 0.15) is 22.8 Å². The summed E-state index contributed by atoms with van der Waals surface area (Å²) in [5.74, 6) is -0.678. The average molecular weight is 496 g/mol. The van der Waals surface area contributed by atoms with E-state index in [0.717, 1.165) is 0 Å². The van der Waals surface area contributed by atoms with Gasteiger partial charge in [-0.05, 0) is 64.6 Å². The van der Waals surface area contributed by atoms with E-state index in [1.807, 2.05) is 19.0 Å². The zero-order valence-electron chi connectivity index (χ0n) is 20.5. The Labute approximate surface area is 208 Å². The topological polar surface area (TPSA) is 165 Å². The molecule has 0 spiro atoms. The number of benzene rings is 1. The highest BCUT2D eigenvalue weighted by Crippen LogP contribution is 2.52. The van der Waals surface area contributed by atoms with Crippen LogP contribution in [0.4, 0.5) is 0 Å². The van der Waals surface area contributed by atoms with Gasteiger partial charge in [0.25, 0.3) is 5.91 Å². The van der Waals surface area contributed by atoms with Crippen molar-refractivity contribution in [2.75, 3.05) is 34.7 Å². The number of carbonyl (C=O) groups excluding carboxylic acids is 3. The van der Waals surface area contributed by atoms with Gasteiger partial charge in [-0.2, -0.15) is 0 Å². The molecule has 10 nitrogen and oxygen atoms in total. The van der Waals surface area contributed by atoms with Crippen molar-refractivity contribution in [2.24, 2.45) is 17.6 Å². The second kappa shape index (κ2) is 8.78. The highest BCUT2D eigenvalue weighted by atomic mass is 16.3. The molecular formula is C26H29N3O7. The second-order valence-electron chi connectivity index (χ2n) is 9.99. The number of Topliss-reactive ketones (excluding diaryl/α,β-unsaturated/α-hetero) is 2. The Morgan fingerprint density at radius 1 is 1.17 bits per heavy atom. The van der Waals surface area contributed by atoms with E-state index < -0.39 is 58.0 Å². The van der Waals surface area contributed by atoms with Gasteiger partial charge in [0, 0.05) is 17.1 Å². The Balaban J connectivity index is 1.91. The first kappa shape index (κ1) is 25.4. The molecule has 0 unspecified atom stereocenters. The highest BCUT2D eigenvalue weighted by molar-refractivity contribution is 6.24. The van der Waals surface area contributed by atoms with Crippen molar-refractivity contribution in [2.45, 2.75) is 24.5 Å². The van der Waals surface area contributed by atoms with Crippen LogP contribution >= 0.6 is 0 Å². The van der Waals surface area contributed by atoms with Gasteiger partial charge in [0.2, 0.25) is 5.78 Å². The molecule has 0 bridgehead atoms. The van der Waals surface area contributed by atoms with Gasteiger partial charge in [-0.15, -0.1) is 0 Å². The number of rotatable bonds is 3. The van der Waals surface area contributed by atoms with E-state index in [1.54, 1.807) is 20.2 Å². The predicted octanol–water partition coefficient (Wildman–Crippen LogP) is 0.0337. The van der Waals surface area contributed by atoms with E-state index in [-0.39, 0.29) is 29.7 Å². The number of phenols is 1. The monoisotopic (exact) mass is 495 g/mol. The lowest BCUT2D eigenvalue weighted by molar-refractivity contribution is -0.148. The average Bonchev–Trinajstić information content (AvgIpc) is 2.77. The Morgan fingerprint density at radius 2 is 1.83 bits per heavy atom. The number of allylic oxidation sites excluding steroid dienone is 1. The molecular weight excluding hydrogens is 466 g/mol. The molecule has 190 valence electrons. The van der Waals surface area contributed by atoms with E-state index in [9.17, 15) is 34.8 Å². The van der Waals surface area contributed by atoms with E-state index in [1.165, 1.54) is 11.0 Å². The SMILES string of the molecule is CN(C)CC#Cc1ccc(O)c2c1C[C@H]1C[C@@H]3[C@@H](N(C)C)C(O)=C(C(N)=O)C(=O)[C@]3(O)C(O)=C1C2=O. The number of ketones is 2. The zero-order valence-corrected chi connectivity index (χ0v) is 20.5. The maximum atomic E-state index is 13.6. The molecule has 0 saturated heterocycles. The quantitative estimate of drug-likeness (QED) is 0.287. The number of aliphatic hydroxyl groups excluding tert-OH is 2. The number of hydrogen-bond acceptors (Lipinski definition) is 9. The third-order valence-corrected chi connectivity index (χ3v) is 7.22. The van der Waals surface area contributed by atoms with Gasteiger partial charge in [-0.1, -0.05) is 11.8 Å². The van der Waals surface area contributed by atoms with Gasteiger partial charge < -0.3 is 26.2 Å². The number of phenolic OH excluding ortho intramolecular Hbond substituents is 1. The van der Waals surface area contributed by atoms with Crippen molar-refractivity contribution in [3.63, 3.8) is 0 Å². The van der Waals surface area contributed by atoms with E-state index in [4.69, 9.17) is 5.73 Å². The summed E-state index contributed by atoms with van der Waals surface area (Å²) < 4.78 is 0. The van der Waals surface area contributed by atoms with Crippen molar-refractivity contribution in [1.29, 1.82) is 0 Å². The number of nitrogens with two attached hydrogens (primary N) is 1. The van der Waals surface area contributed by atoms with Gasteiger partial charge in [-0.25, -0.2) is 0 Å². The number of fused-ring (bicyclic) bond motifs is 3. The molecule has 0 radical (unpaired) electrons. The number of likely N-dealkylation sites (N-methyl/N-ethyl adjacent to an activating group) is 1. The maximum Gasteiger partial charge on any atom is 0.255 e. The van der Waals surface area contributed by atoms with Crippen LogP contribution < -0.4 is 5.73 Å². The van der Waals surface area contributed by atoms with E-state index in [0.29, 0.717) is 17.7 Å². The summed E-state index contributed by atoms with van der Waals surface area (Å²) in [5, 5.41) is 44.2. The molecule has 36 heavy (non-hydrogen) atoms. The van der Waals surface area contributed by atoms with Crippen LogP contribution in [0.25, 0.3) is 0 Å². The van der Waals surface area contributed by atoms with Crippen LogP contribution in [0.1, 0.15) is 27.9 Å². The largest absolute Gasteiger partial charge is 0.510 e. The molecule has 3 aliphatic carbocycles. The van der Waals surface area contributed by atoms with Crippen molar-refractivity contribution in [1.82, 2.24) is 9.80 Å². The van der Waals surface area contributed by atoms with E-state index >= 15 is 0 Å². The fourth-order valence-electron chi connectivity index (χ4n) is 5.66. The third kappa shape index (κ3) is 3.59. The molecule has 0 heterocycles. The minimum absolute atomic E-state index is 0.0337. The number of nitrogens with zero attached hydrogens (tertiary/aromatic N) is 2. The normalized spacial score (nSPS) is 27.5. The van der Waals surface area contributed by atoms with Crippen molar-refractivity contribution >= 4 is 17.5 Å².